The summed E-state index contributed by atoms with van der Waals surface area (Å²) in [6, 6.07) is -0.157. The van der Waals surface area contributed by atoms with Crippen molar-refractivity contribution in [1.29, 1.82) is 0 Å². The maximum Gasteiger partial charge on any atom is 0.315 e. The van der Waals surface area contributed by atoms with Gasteiger partial charge in [-0.15, -0.1) is 0 Å². The number of urea groups is 1. The number of likely N-dealkylation sites (tertiary alicyclic amines) is 1. The number of piperidine rings is 1. The van der Waals surface area contributed by atoms with Gasteiger partial charge in [-0.25, -0.2) is 9.78 Å². The molecule has 140 valence electrons. The van der Waals surface area contributed by atoms with Crippen LogP contribution in [0.5, 0.6) is 0 Å². The lowest BCUT2D eigenvalue weighted by Gasteiger charge is -2.36. The molecule has 1 fully saturated rings. The van der Waals surface area contributed by atoms with Crippen LogP contribution in [0.4, 0.5) is 4.79 Å². The van der Waals surface area contributed by atoms with Gasteiger partial charge in [-0.05, 0) is 46.5 Å². The van der Waals surface area contributed by atoms with Crippen LogP contribution in [0.1, 0.15) is 63.8 Å². The maximum atomic E-state index is 12.7. The largest absolute Gasteiger partial charge is 0.338 e. The molecule has 0 unspecified atom stereocenters. The van der Waals surface area contributed by atoms with E-state index in [9.17, 15) is 9.59 Å². The van der Waals surface area contributed by atoms with Crippen molar-refractivity contribution in [2.75, 3.05) is 13.1 Å². The smallest absolute Gasteiger partial charge is 0.315 e. The van der Waals surface area contributed by atoms with Gasteiger partial charge in [0, 0.05) is 31.1 Å². The zero-order valence-electron chi connectivity index (χ0n) is 16.0. The van der Waals surface area contributed by atoms with Crippen LogP contribution in [0.3, 0.4) is 0 Å². The number of nitrogens with one attached hydrogen (secondary N) is 3. The summed E-state index contributed by atoms with van der Waals surface area (Å²) in [6.07, 6.45) is 4.34. The Kier molecular flexibility index (Phi) is 6.08. The minimum Gasteiger partial charge on any atom is -0.338 e. The molecule has 25 heavy (non-hydrogen) atoms. The van der Waals surface area contributed by atoms with Gasteiger partial charge < -0.3 is 20.5 Å². The molecule has 0 radical (unpaired) electrons. The van der Waals surface area contributed by atoms with E-state index >= 15 is 0 Å². The summed E-state index contributed by atoms with van der Waals surface area (Å²) < 4.78 is 0. The minimum atomic E-state index is -0.268. The van der Waals surface area contributed by atoms with E-state index in [2.05, 4.69) is 20.6 Å². The minimum absolute atomic E-state index is 0.00548. The fraction of sp³-hybridized carbons (Fsp3) is 0.722. The molecule has 1 saturated heterocycles. The highest BCUT2D eigenvalue weighted by atomic mass is 16.2. The van der Waals surface area contributed by atoms with Crippen molar-refractivity contribution in [3.05, 3.63) is 17.7 Å². The van der Waals surface area contributed by atoms with Gasteiger partial charge >= 0.3 is 6.03 Å². The number of aromatic amines is 1. The number of hydrogen-bond donors (Lipinski definition) is 3. The van der Waals surface area contributed by atoms with Crippen molar-refractivity contribution in [3.8, 4) is 0 Å². The van der Waals surface area contributed by atoms with E-state index in [0.717, 1.165) is 31.6 Å². The van der Waals surface area contributed by atoms with Crippen LogP contribution in [-0.2, 0) is 6.42 Å². The number of nitrogens with zero attached hydrogens (tertiary/aromatic N) is 2. The molecule has 1 aromatic heterocycles. The fourth-order valence-electron chi connectivity index (χ4n) is 3.13. The third-order valence-electron chi connectivity index (χ3n) is 4.49. The van der Waals surface area contributed by atoms with E-state index in [1.165, 1.54) is 0 Å². The lowest BCUT2D eigenvalue weighted by atomic mass is 9.91. The first kappa shape index (κ1) is 19.3. The predicted molar refractivity (Wildman–Crippen MR) is 97.5 cm³/mol. The van der Waals surface area contributed by atoms with Gasteiger partial charge in [0.25, 0.3) is 5.91 Å². The van der Waals surface area contributed by atoms with Gasteiger partial charge in [0.1, 0.15) is 11.5 Å². The summed E-state index contributed by atoms with van der Waals surface area (Å²) in [5.41, 5.74) is 0.277. The van der Waals surface area contributed by atoms with E-state index in [1.807, 2.05) is 39.5 Å². The van der Waals surface area contributed by atoms with Crippen LogP contribution in [0.25, 0.3) is 0 Å². The molecule has 3 N–H and O–H groups in total. The number of imidazole rings is 1. The van der Waals surface area contributed by atoms with Gasteiger partial charge in [0.2, 0.25) is 0 Å². The van der Waals surface area contributed by atoms with E-state index in [-0.39, 0.29) is 29.4 Å². The molecule has 2 heterocycles. The maximum absolute atomic E-state index is 12.7. The Hall–Kier alpha value is -2.05. The molecule has 0 bridgehead atoms. The second kappa shape index (κ2) is 7.89. The molecule has 7 heteroatoms. The van der Waals surface area contributed by atoms with Crippen molar-refractivity contribution < 1.29 is 9.59 Å². The number of hydrogen-bond acceptors (Lipinski definition) is 3. The molecular weight excluding hydrogens is 318 g/mol. The molecule has 1 aliphatic rings. The van der Waals surface area contributed by atoms with Gasteiger partial charge in [0.05, 0.1) is 6.20 Å². The summed E-state index contributed by atoms with van der Waals surface area (Å²) >= 11 is 0. The molecule has 0 saturated carbocycles. The van der Waals surface area contributed by atoms with Crippen molar-refractivity contribution in [3.63, 3.8) is 0 Å². The summed E-state index contributed by atoms with van der Waals surface area (Å²) in [5.74, 6) is 1.06. The molecule has 0 spiro atoms. The van der Waals surface area contributed by atoms with Crippen LogP contribution >= 0.6 is 0 Å². The van der Waals surface area contributed by atoms with Crippen molar-refractivity contribution in [2.45, 2.75) is 65.5 Å². The zero-order valence-corrected chi connectivity index (χ0v) is 16.0. The average Bonchev–Trinajstić information content (AvgIpc) is 3.01. The van der Waals surface area contributed by atoms with Crippen LogP contribution in [0.15, 0.2) is 6.20 Å². The second-order valence-corrected chi connectivity index (χ2v) is 7.89. The first-order valence-corrected chi connectivity index (χ1v) is 9.11. The zero-order chi connectivity index (χ0) is 18.6. The van der Waals surface area contributed by atoms with Crippen molar-refractivity contribution in [1.82, 2.24) is 25.5 Å². The van der Waals surface area contributed by atoms with Gasteiger partial charge in [-0.3, -0.25) is 4.79 Å². The van der Waals surface area contributed by atoms with Crippen LogP contribution in [0.2, 0.25) is 0 Å². The van der Waals surface area contributed by atoms with Crippen molar-refractivity contribution in [2.24, 2.45) is 5.92 Å². The summed E-state index contributed by atoms with van der Waals surface area (Å²) in [7, 11) is 0. The number of amides is 3. The highest BCUT2D eigenvalue weighted by Gasteiger charge is 2.29. The van der Waals surface area contributed by atoms with E-state index < -0.39 is 0 Å². The van der Waals surface area contributed by atoms with Crippen LogP contribution in [-0.4, -0.2) is 51.5 Å². The van der Waals surface area contributed by atoms with Crippen LogP contribution < -0.4 is 10.6 Å². The highest BCUT2D eigenvalue weighted by Crippen LogP contribution is 2.21. The molecule has 2 atom stereocenters. The number of aryl methyl sites for hydroxylation is 1. The number of carbonyl (C=O) groups is 2. The lowest BCUT2D eigenvalue weighted by molar-refractivity contribution is 0.0648. The van der Waals surface area contributed by atoms with E-state index in [0.29, 0.717) is 12.2 Å². The molecular formula is C18H31N5O2. The summed E-state index contributed by atoms with van der Waals surface area (Å²) in [5, 5.41) is 5.92. The van der Waals surface area contributed by atoms with Gasteiger partial charge in [-0.1, -0.05) is 6.92 Å². The normalized spacial score (nSPS) is 19.4. The second-order valence-electron chi connectivity index (χ2n) is 7.89. The Balaban J connectivity index is 1.93. The predicted octanol–water partition coefficient (Wildman–Crippen LogP) is 2.31. The highest BCUT2D eigenvalue weighted by molar-refractivity contribution is 5.92. The molecule has 0 aromatic carbocycles. The quantitative estimate of drug-likeness (QED) is 0.779. The Morgan fingerprint density at radius 1 is 1.44 bits per heavy atom. The Bertz CT molecular complexity index is 605. The molecule has 0 aliphatic carbocycles. The third kappa shape index (κ3) is 5.47. The number of aromatic nitrogens is 2. The average molecular weight is 349 g/mol. The fourth-order valence-corrected chi connectivity index (χ4v) is 3.13. The first-order valence-electron chi connectivity index (χ1n) is 9.11. The summed E-state index contributed by atoms with van der Waals surface area (Å²) in [6.45, 7) is 11.3. The lowest BCUT2D eigenvalue weighted by Crippen LogP contribution is -2.53. The van der Waals surface area contributed by atoms with Gasteiger partial charge in [-0.2, -0.15) is 0 Å². The molecule has 3 amide bonds. The monoisotopic (exact) mass is 349 g/mol. The van der Waals surface area contributed by atoms with Crippen molar-refractivity contribution >= 4 is 11.9 Å². The Morgan fingerprint density at radius 3 is 2.76 bits per heavy atom. The SMILES string of the molecule is CCc1ncc(C(=O)N2CCC[C@@H]([C@H](C)NC(=O)NC(C)(C)C)C2)[nH]1. The number of rotatable bonds is 4. The molecule has 1 aromatic rings. The molecule has 7 nitrogen and oxygen atoms in total. The van der Waals surface area contributed by atoms with Gasteiger partial charge in [0.15, 0.2) is 0 Å². The number of carbonyl (C=O) groups excluding carboxylic acids is 2. The topological polar surface area (TPSA) is 90.1 Å². The Morgan fingerprint density at radius 2 is 2.16 bits per heavy atom. The Labute approximate surface area is 150 Å². The summed E-state index contributed by atoms with van der Waals surface area (Å²) in [4.78, 5) is 33.9. The molecule has 1 aliphatic heterocycles. The third-order valence-corrected chi connectivity index (χ3v) is 4.49. The van der Waals surface area contributed by atoms with E-state index in [1.54, 1.807) is 6.20 Å². The van der Waals surface area contributed by atoms with Crippen LogP contribution in [0, 0.1) is 5.92 Å². The number of H-pyrrole nitrogens is 1. The molecule has 2 rings (SSSR count). The van der Waals surface area contributed by atoms with E-state index in [4.69, 9.17) is 0 Å². The standard InChI is InChI=1S/C18H31N5O2/c1-6-15-19-10-14(21-15)16(24)23-9-7-8-13(11-23)12(2)20-17(25)22-18(3,4)5/h10,12-13H,6-9,11H2,1-5H3,(H,19,21)(H2,20,22,25)/t12-,13+/m0/s1. The first-order chi connectivity index (χ1) is 11.7.